The highest BCUT2D eigenvalue weighted by molar-refractivity contribution is 6.12. The SMILES string of the molecule is [2H]c1c([2H])c([2H])c(-c2cc(-c3ccccc3)cc3c2oc2cc(-c4nc(-c5ccc(-c6ccccc6)cc5)nc(-c5cccc(-c6ccccc6)c5)n4)ccc23)c([2H])c1[2H]. The van der Waals surface area contributed by atoms with Crippen molar-refractivity contribution in [1.29, 1.82) is 0 Å². The molecule has 10 aromatic rings. The smallest absolute Gasteiger partial charge is 0.164 e. The minimum atomic E-state index is -0.450. The minimum Gasteiger partial charge on any atom is -0.455 e. The van der Waals surface area contributed by atoms with Gasteiger partial charge < -0.3 is 4.42 Å². The van der Waals surface area contributed by atoms with Crippen LogP contribution in [0.3, 0.4) is 0 Å². The Labute approximate surface area is 326 Å². The zero-order chi connectivity index (χ0) is 40.9. The van der Waals surface area contributed by atoms with Crippen molar-refractivity contribution in [2.45, 2.75) is 0 Å². The van der Waals surface area contributed by atoms with Crippen molar-refractivity contribution >= 4 is 21.9 Å². The Bertz CT molecular complexity index is 3220. The first kappa shape index (κ1) is 27.2. The van der Waals surface area contributed by atoms with Crippen molar-refractivity contribution in [2.75, 3.05) is 0 Å². The van der Waals surface area contributed by atoms with Gasteiger partial charge in [-0.3, -0.25) is 0 Å². The van der Waals surface area contributed by atoms with Gasteiger partial charge in [0.2, 0.25) is 0 Å². The van der Waals surface area contributed by atoms with Crippen LogP contribution < -0.4 is 0 Å². The van der Waals surface area contributed by atoms with E-state index in [-0.39, 0.29) is 17.6 Å². The Kier molecular flexibility index (Phi) is 6.85. The van der Waals surface area contributed by atoms with Crippen molar-refractivity contribution in [3.8, 4) is 78.7 Å². The first-order valence-electron chi connectivity index (χ1n) is 20.5. The number of aromatic nitrogens is 3. The van der Waals surface area contributed by atoms with E-state index in [1.54, 1.807) is 0 Å². The Hall–Kier alpha value is -7.43. The minimum absolute atomic E-state index is 0.0748. The van der Waals surface area contributed by atoms with E-state index in [0.717, 1.165) is 55.3 Å². The molecule has 0 aliphatic carbocycles. The fourth-order valence-corrected chi connectivity index (χ4v) is 7.06. The van der Waals surface area contributed by atoms with Gasteiger partial charge in [0, 0.05) is 33.0 Å². The molecule has 258 valence electrons. The number of hydrogen-bond acceptors (Lipinski definition) is 4. The first-order chi connectivity index (χ1) is 29.3. The molecular formula is C51H33N3O. The van der Waals surface area contributed by atoms with Crippen molar-refractivity contribution in [3.63, 3.8) is 0 Å². The van der Waals surface area contributed by atoms with Gasteiger partial charge >= 0.3 is 0 Å². The molecule has 0 spiro atoms. The van der Waals surface area contributed by atoms with Crippen LogP contribution in [0.4, 0.5) is 0 Å². The number of fused-ring (bicyclic) bond motifs is 3. The predicted molar refractivity (Wildman–Crippen MR) is 225 cm³/mol. The molecule has 8 aromatic carbocycles. The molecule has 0 aliphatic heterocycles. The first-order valence-corrected chi connectivity index (χ1v) is 18.0. The lowest BCUT2D eigenvalue weighted by molar-refractivity contribution is 0.670. The largest absolute Gasteiger partial charge is 0.455 e. The maximum Gasteiger partial charge on any atom is 0.164 e. The van der Waals surface area contributed by atoms with E-state index in [1.165, 1.54) is 0 Å². The number of hydrogen-bond donors (Lipinski definition) is 0. The molecule has 0 fully saturated rings. The third-order valence-electron chi connectivity index (χ3n) is 9.82. The molecule has 4 heteroatoms. The lowest BCUT2D eigenvalue weighted by Crippen LogP contribution is -2.00. The quantitative estimate of drug-likeness (QED) is 0.165. The molecule has 4 nitrogen and oxygen atoms in total. The monoisotopic (exact) mass is 708 g/mol. The van der Waals surface area contributed by atoms with Crippen molar-refractivity contribution in [2.24, 2.45) is 0 Å². The molecule has 0 amide bonds. The summed E-state index contributed by atoms with van der Waals surface area (Å²) in [4.78, 5) is 15.1. The van der Waals surface area contributed by atoms with Gasteiger partial charge in [0.1, 0.15) is 11.2 Å². The van der Waals surface area contributed by atoms with E-state index in [4.69, 9.17) is 26.2 Å². The van der Waals surface area contributed by atoms with Crippen LogP contribution in [-0.4, -0.2) is 15.0 Å². The summed E-state index contributed by atoms with van der Waals surface area (Å²) in [6, 6.07) is 54.3. The highest BCUT2D eigenvalue weighted by atomic mass is 16.3. The molecule has 10 rings (SSSR count). The molecule has 0 atom stereocenters. The molecule has 0 saturated heterocycles. The van der Waals surface area contributed by atoms with Gasteiger partial charge in [-0.05, 0) is 69.3 Å². The highest BCUT2D eigenvalue weighted by Gasteiger charge is 2.18. The van der Waals surface area contributed by atoms with E-state index in [0.29, 0.717) is 39.8 Å². The molecule has 0 N–H and O–H groups in total. The van der Waals surface area contributed by atoms with Gasteiger partial charge in [-0.25, -0.2) is 15.0 Å². The summed E-state index contributed by atoms with van der Waals surface area (Å²) in [6.07, 6.45) is 0. The third-order valence-corrected chi connectivity index (χ3v) is 9.82. The van der Waals surface area contributed by atoms with Crippen LogP contribution in [0.2, 0.25) is 0 Å². The van der Waals surface area contributed by atoms with E-state index < -0.39 is 18.1 Å². The number of benzene rings is 8. The molecule has 2 aromatic heterocycles. The topological polar surface area (TPSA) is 51.8 Å². The Morgan fingerprint density at radius 1 is 0.345 bits per heavy atom. The Balaban J connectivity index is 1.16. The molecule has 0 saturated carbocycles. The molecule has 0 radical (unpaired) electrons. The Morgan fingerprint density at radius 3 is 1.49 bits per heavy atom. The molecule has 0 aliphatic rings. The van der Waals surface area contributed by atoms with Gasteiger partial charge in [-0.1, -0.05) is 170 Å². The fourth-order valence-electron chi connectivity index (χ4n) is 7.06. The number of nitrogens with zero attached hydrogens (tertiary/aromatic N) is 3. The van der Waals surface area contributed by atoms with Gasteiger partial charge in [-0.2, -0.15) is 0 Å². The zero-order valence-electron chi connectivity index (χ0n) is 34.4. The van der Waals surface area contributed by atoms with Crippen LogP contribution in [0.1, 0.15) is 6.85 Å². The molecular weight excluding hydrogens is 671 g/mol. The van der Waals surface area contributed by atoms with Gasteiger partial charge in [0.15, 0.2) is 17.5 Å². The lowest BCUT2D eigenvalue weighted by atomic mass is 9.95. The average Bonchev–Trinajstić information content (AvgIpc) is 3.69. The maximum atomic E-state index is 8.87. The van der Waals surface area contributed by atoms with Crippen LogP contribution in [0.5, 0.6) is 0 Å². The second-order valence-electron chi connectivity index (χ2n) is 13.3. The van der Waals surface area contributed by atoms with Gasteiger partial charge in [0.05, 0.1) is 6.85 Å². The zero-order valence-corrected chi connectivity index (χ0v) is 29.4. The van der Waals surface area contributed by atoms with E-state index in [2.05, 4.69) is 48.5 Å². The van der Waals surface area contributed by atoms with E-state index in [9.17, 15) is 0 Å². The summed E-state index contributed by atoms with van der Waals surface area (Å²) in [5, 5.41) is 1.54. The second-order valence-corrected chi connectivity index (χ2v) is 13.3. The normalized spacial score (nSPS) is 12.5. The molecule has 55 heavy (non-hydrogen) atoms. The molecule has 2 heterocycles. The van der Waals surface area contributed by atoms with E-state index in [1.807, 2.05) is 121 Å². The van der Waals surface area contributed by atoms with Gasteiger partial charge in [0.25, 0.3) is 0 Å². The van der Waals surface area contributed by atoms with Crippen molar-refractivity contribution in [3.05, 3.63) is 200 Å². The predicted octanol–water partition coefficient (Wildman–Crippen LogP) is 13.4. The van der Waals surface area contributed by atoms with Crippen molar-refractivity contribution < 1.29 is 11.3 Å². The van der Waals surface area contributed by atoms with Crippen LogP contribution >= 0.6 is 0 Å². The number of rotatable bonds is 7. The highest BCUT2D eigenvalue weighted by Crippen LogP contribution is 2.41. The summed E-state index contributed by atoms with van der Waals surface area (Å²) in [6.45, 7) is 0. The fraction of sp³-hybridized carbons (Fsp3) is 0. The average molecular weight is 709 g/mol. The van der Waals surface area contributed by atoms with Gasteiger partial charge in [-0.15, -0.1) is 0 Å². The molecule has 0 bridgehead atoms. The van der Waals surface area contributed by atoms with Crippen LogP contribution in [0, 0.1) is 0 Å². The summed E-state index contributed by atoms with van der Waals surface area (Å²) in [7, 11) is 0. The Morgan fingerprint density at radius 2 is 0.836 bits per heavy atom. The third kappa shape index (κ3) is 6.26. The van der Waals surface area contributed by atoms with E-state index >= 15 is 0 Å². The second kappa shape index (κ2) is 13.8. The maximum absolute atomic E-state index is 8.87. The summed E-state index contributed by atoms with van der Waals surface area (Å²) < 4.78 is 49.5. The van der Waals surface area contributed by atoms with Crippen molar-refractivity contribution in [1.82, 2.24) is 15.0 Å². The van der Waals surface area contributed by atoms with Crippen LogP contribution in [0.25, 0.3) is 101 Å². The lowest BCUT2D eigenvalue weighted by Gasteiger charge is -2.10. The summed E-state index contributed by atoms with van der Waals surface area (Å²) >= 11 is 0. The standard InChI is InChI=1S/C51H33N3O/c1-5-14-34(15-6-1)37-24-26-39(27-25-37)49-52-50(41-23-13-22-40(30-41)35-16-7-2-8-17-35)54-51(53-49)42-28-29-44-46-32-43(36-18-9-3-10-19-36)31-45(38-20-11-4-12-21-38)48(46)55-47(44)33-42/h1-33H/i4D,11D,12D,20D,21D. The van der Waals surface area contributed by atoms with Crippen LogP contribution in [-0.2, 0) is 0 Å². The number of furan rings is 1. The summed E-state index contributed by atoms with van der Waals surface area (Å²) in [5.41, 5.74) is 9.84. The molecule has 0 unspecified atom stereocenters. The van der Waals surface area contributed by atoms with Crippen LogP contribution in [0.15, 0.2) is 204 Å². The summed E-state index contributed by atoms with van der Waals surface area (Å²) in [5.74, 6) is 1.48.